The molecule has 4 nitrogen and oxygen atoms in total. The molecule has 1 saturated heterocycles. The summed E-state index contributed by atoms with van der Waals surface area (Å²) in [6.07, 6.45) is 5.01. The van der Waals surface area contributed by atoms with Crippen LogP contribution in [0.1, 0.15) is 59.3 Å². The Bertz CT molecular complexity index is 310. The number of carbonyl (C=O) groups is 2. The number of carboxylic acids is 1. The van der Waals surface area contributed by atoms with Crippen LogP contribution in [0.25, 0.3) is 0 Å². The van der Waals surface area contributed by atoms with Gasteiger partial charge in [0.1, 0.15) is 5.54 Å². The van der Waals surface area contributed by atoms with Gasteiger partial charge in [0, 0.05) is 12.5 Å². The van der Waals surface area contributed by atoms with Gasteiger partial charge in [0.15, 0.2) is 0 Å². The third-order valence-corrected chi connectivity index (χ3v) is 3.99. The zero-order valence-electron chi connectivity index (χ0n) is 11.7. The van der Waals surface area contributed by atoms with Gasteiger partial charge < -0.3 is 10.0 Å². The van der Waals surface area contributed by atoms with Crippen LogP contribution in [0.4, 0.5) is 0 Å². The predicted octanol–water partition coefficient (Wildman–Crippen LogP) is 2.67. The minimum absolute atomic E-state index is 0.00299. The molecule has 1 aliphatic rings. The molecule has 1 unspecified atom stereocenters. The van der Waals surface area contributed by atoms with Crippen molar-refractivity contribution in [3.63, 3.8) is 0 Å². The number of likely N-dealkylation sites (tertiary alicyclic amines) is 1. The fourth-order valence-corrected chi connectivity index (χ4v) is 2.85. The van der Waals surface area contributed by atoms with Crippen molar-refractivity contribution in [3.8, 4) is 0 Å². The molecule has 0 radical (unpaired) electrons. The summed E-state index contributed by atoms with van der Waals surface area (Å²) in [5.41, 5.74) is -0.989. The van der Waals surface area contributed by atoms with Gasteiger partial charge in [-0.2, -0.15) is 0 Å². The molecule has 0 spiro atoms. The smallest absolute Gasteiger partial charge is 0.329 e. The Hall–Kier alpha value is -1.06. The van der Waals surface area contributed by atoms with E-state index in [1.807, 2.05) is 0 Å². The molecule has 0 aromatic rings. The van der Waals surface area contributed by atoms with Crippen molar-refractivity contribution in [2.24, 2.45) is 5.92 Å². The van der Waals surface area contributed by atoms with Gasteiger partial charge in [-0.3, -0.25) is 4.79 Å². The molecule has 0 aromatic carbocycles. The average Bonchev–Trinajstić information content (AvgIpc) is 2.71. The van der Waals surface area contributed by atoms with Crippen molar-refractivity contribution in [2.45, 2.75) is 64.8 Å². The number of amides is 1. The molecule has 1 heterocycles. The van der Waals surface area contributed by atoms with E-state index in [0.29, 0.717) is 13.0 Å². The molecule has 18 heavy (non-hydrogen) atoms. The van der Waals surface area contributed by atoms with Crippen LogP contribution in [0, 0.1) is 5.92 Å². The molecular weight excluding hydrogens is 230 g/mol. The maximum Gasteiger partial charge on any atom is 0.329 e. The predicted molar refractivity (Wildman–Crippen MR) is 70.3 cm³/mol. The van der Waals surface area contributed by atoms with Crippen LogP contribution in [0.5, 0.6) is 0 Å². The van der Waals surface area contributed by atoms with Crippen molar-refractivity contribution in [3.05, 3.63) is 0 Å². The molecule has 0 aliphatic carbocycles. The molecule has 4 heteroatoms. The maximum absolute atomic E-state index is 12.5. The molecule has 0 bridgehead atoms. The lowest BCUT2D eigenvalue weighted by atomic mass is 9.93. The van der Waals surface area contributed by atoms with E-state index in [-0.39, 0.29) is 11.8 Å². The molecule has 1 fully saturated rings. The average molecular weight is 255 g/mol. The SMILES string of the molecule is CCCC(CCC)C(=O)N1CCCC1(C)C(=O)O. The zero-order chi connectivity index (χ0) is 13.8. The lowest BCUT2D eigenvalue weighted by molar-refractivity contribution is -0.157. The summed E-state index contributed by atoms with van der Waals surface area (Å²) in [7, 11) is 0. The first-order valence-electron chi connectivity index (χ1n) is 7.02. The molecule has 1 atom stereocenters. The lowest BCUT2D eigenvalue weighted by Gasteiger charge is -2.34. The first kappa shape index (κ1) is 15.0. The highest BCUT2D eigenvalue weighted by Gasteiger charge is 2.46. The van der Waals surface area contributed by atoms with E-state index in [0.717, 1.165) is 32.1 Å². The molecule has 0 aromatic heterocycles. The van der Waals surface area contributed by atoms with Gasteiger partial charge in [0.2, 0.25) is 5.91 Å². The standard InChI is InChI=1S/C14H25NO3/c1-4-7-11(8-5-2)12(16)15-10-6-9-14(15,3)13(17)18/h11H,4-10H2,1-3H3,(H,17,18). The fourth-order valence-electron chi connectivity index (χ4n) is 2.85. The van der Waals surface area contributed by atoms with Crippen LogP contribution < -0.4 is 0 Å². The van der Waals surface area contributed by atoms with Gasteiger partial charge in [-0.05, 0) is 32.6 Å². The Kier molecular flexibility index (Phi) is 5.17. The third kappa shape index (κ3) is 2.85. The second kappa shape index (κ2) is 6.21. The maximum atomic E-state index is 12.5. The van der Waals surface area contributed by atoms with E-state index in [2.05, 4.69) is 13.8 Å². The summed E-state index contributed by atoms with van der Waals surface area (Å²) in [5.74, 6) is -0.835. The summed E-state index contributed by atoms with van der Waals surface area (Å²) in [6, 6.07) is 0. The first-order valence-corrected chi connectivity index (χ1v) is 7.02. The quantitative estimate of drug-likeness (QED) is 0.793. The molecule has 1 amide bonds. The number of aliphatic carboxylic acids is 1. The Labute approximate surface area is 109 Å². The fraction of sp³-hybridized carbons (Fsp3) is 0.857. The van der Waals surface area contributed by atoms with Gasteiger partial charge in [0.05, 0.1) is 0 Å². The van der Waals surface area contributed by atoms with Crippen LogP contribution in [0.3, 0.4) is 0 Å². The van der Waals surface area contributed by atoms with Crippen LogP contribution >= 0.6 is 0 Å². The van der Waals surface area contributed by atoms with Crippen LogP contribution in [-0.2, 0) is 9.59 Å². The first-order chi connectivity index (χ1) is 8.47. The second-order valence-corrected chi connectivity index (χ2v) is 5.45. The molecule has 1 N–H and O–H groups in total. The monoisotopic (exact) mass is 255 g/mol. The molecule has 1 rings (SSSR count). The Morgan fingerprint density at radius 1 is 1.28 bits per heavy atom. The van der Waals surface area contributed by atoms with E-state index >= 15 is 0 Å². The molecule has 1 aliphatic heterocycles. The van der Waals surface area contributed by atoms with Crippen molar-refractivity contribution in [2.75, 3.05) is 6.54 Å². The minimum Gasteiger partial charge on any atom is -0.480 e. The second-order valence-electron chi connectivity index (χ2n) is 5.45. The van der Waals surface area contributed by atoms with Crippen LogP contribution in [0.2, 0.25) is 0 Å². The number of hydrogen-bond acceptors (Lipinski definition) is 2. The van der Waals surface area contributed by atoms with Crippen LogP contribution in [-0.4, -0.2) is 34.0 Å². The number of carboxylic acid groups (broad SMARTS) is 1. The summed E-state index contributed by atoms with van der Waals surface area (Å²) in [5, 5.41) is 9.34. The highest BCUT2D eigenvalue weighted by atomic mass is 16.4. The van der Waals surface area contributed by atoms with Crippen molar-refractivity contribution >= 4 is 11.9 Å². The van der Waals surface area contributed by atoms with Crippen LogP contribution in [0.15, 0.2) is 0 Å². The van der Waals surface area contributed by atoms with E-state index in [1.54, 1.807) is 11.8 Å². The van der Waals surface area contributed by atoms with Crippen molar-refractivity contribution in [1.82, 2.24) is 4.90 Å². The van der Waals surface area contributed by atoms with Gasteiger partial charge in [0.25, 0.3) is 0 Å². The van der Waals surface area contributed by atoms with Crippen molar-refractivity contribution in [1.29, 1.82) is 0 Å². The normalized spacial score (nSPS) is 23.7. The van der Waals surface area contributed by atoms with Gasteiger partial charge >= 0.3 is 5.97 Å². The van der Waals surface area contributed by atoms with E-state index in [1.165, 1.54) is 0 Å². The highest BCUT2D eigenvalue weighted by molar-refractivity contribution is 5.88. The van der Waals surface area contributed by atoms with E-state index in [9.17, 15) is 14.7 Å². The zero-order valence-corrected chi connectivity index (χ0v) is 11.7. The van der Waals surface area contributed by atoms with Gasteiger partial charge in [-0.25, -0.2) is 4.79 Å². The number of carbonyl (C=O) groups excluding carboxylic acids is 1. The topological polar surface area (TPSA) is 57.6 Å². The van der Waals surface area contributed by atoms with E-state index < -0.39 is 11.5 Å². The van der Waals surface area contributed by atoms with Crippen molar-refractivity contribution < 1.29 is 14.7 Å². The Balaban J connectivity index is 2.83. The molecular formula is C14H25NO3. The molecule has 0 saturated carbocycles. The molecule has 104 valence electrons. The summed E-state index contributed by atoms with van der Waals surface area (Å²) in [6.45, 7) is 6.40. The Morgan fingerprint density at radius 3 is 2.28 bits per heavy atom. The summed E-state index contributed by atoms with van der Waals surface area (Å²) < 4.78 is 0. The minimum atomic E-state index is -0.989. The summed E-state index contributed by atoms with van der Waals surface area (Å²) >= 11 is 0. The number of hydrogen-bond donors (Lipinski definition) is 1. The highest BCUT2D eigenvalue weighted by Crippen LogP contribution is 2.32. The number of nitrogens with zero attached hydrogens (tertiary/aromatic N) is 1. The third-order valence-electron chi connectivity index (χ3n) is 3.99. The Morgan fingerprint density at radius 2 is 1.83 bits per heavy atom. The largest absolute Gasteiger partial charge is 0.480 e. The van der Waals surface area contributed by atoms with E-state index in [4.69, 9.17) is 0 Å². The van der Waals surface area contributed by atoms with Gasteiger partial charge in [-0.15, -0.1) is 0 Å². The number of rotatable bonds is 6. The summed E-state index contributed by atoms with van der Waals surface area (Å²) in [4.78, 5) is 25.5. The van der Waals surface area contributed by atoms with Gasteiger partial charge in [-0.1, -0.05) is 26.7 Å². The lowest BCUT2D eigenvalue weighted by Crippen LogP contribution is -2.52.